The number of rotatable bonds is 5. The Balaban J connectivity index is 1.85. The molecular formula is C14H25NO2. The minimum Gasteiger partial charge on any atom is -0.396 e. The number of carbonyl (C=O) groups is 1. The van der Waals surface area contributed by atoms with Gasteiger partial charge in [0.1, 0.15) is 6.29 Å². The van der Waals surface area contributed by atoms with Crippen LogP contribution in [0.4, 0.5) is 0 Å². The van der Waals surface area contributed by atoms with Crippen LogP contribution in [0.25, 0.3) is 0 Å². The molecule has 1 saturated carbocycles. The maximum absolute atomic E-state index is 11.4. The number of carbonyl (C=O) groups excluding carboxylic acids is 1. The average Bonchev–Trinajstić information content (AvgIpc) is 2.78. The molecule has 2 aliphatic rings. The molecule has 1 saturated heterocycles. The first-order chi connectivity index (χ1) is 8.28. The molecule has 1 N–H and O–H groups in total. The first-order valence-electron chi connectivity index (χ1n) is 7.07. The Kier molecular flexibility index (Phi) is 4.57. The summed E-state index contributed by atoms with van der Waals surface area (Å²) in [6.07, 6.45) is 9.23. The molecule has 98 valence electrons. The smallest absolute Gasteiger partial charge is 0.127 e. The molecule has 2 fully saturated rings. The summed E-state index contributed by atoms with van der Waals surface area (Å²) in [5.41, 5.74) is -0.0493. The van der Waals surface area contributed by atoms with Crippen molar-refractivity contribution in [3.05, 3.63) is 0 Å². The minimum atomic E-state index is -0.0493. The van der Waals surface area contributed by atoms with Crippen molar-refractivity contribution in [3.63, 3.8) is 0 Å². The van der Waals surface area contributed by atoms with E-state index in [9.17, 15) is 4.79 Å². The molecule has 2 rings (SSSR count). The van der Waals surface area contributed by atoms with Crippen molar-refractivity contribution < 1.29 is 9.90 Å². The van der Waals surface area contributed by atoms with E-state index in [2.05, 4.69) is 4.90 Å². The van der Waals surface area contributed by atoms with Crippen LogP contribution in [0.2, 0.25) is 0 Å². The van der Waals surface area contributed by atoms with Crippen molar-refractivity contribution in [1.29, 1.82) is 0 Å². The normalized spacial score (nSPS) is 29.4. The highest BCUT2D eigenvalue weighted by molar-refractivity contribution is 5.60. The van der Waals surface area contributed by atoms with Gasteiger partial charge in [-0.25, -0.2) is 0 Å². The summed E-state index contributed by atoms with van der Waals surface area (Å²) in [5.74, 6) is 0.646. The summed E-state index contributed by atoms with van der Waals surface area (Å²) in [4.78, 5) is 13.9. The second-order valence-corrected chi connectivity index (χ2v) is 5.94. The Labute approximate surface area is 104 Å². The molecule has 0 aromatic heterocycles. The second-order valence-electron chi connectivity index (χ2n) is 5.94. The van der Waals surface area contributed by atoms with Gasteiger partial charge in [0.05, 0.1) is 0 Å². The average molecular weight is 239 g/mol. The van der Waals surface area contributed by atoms with E-state index in [1.54, 1.807) is 0 Å². The molecule has 1 heterocycles. The van der Waals surface area contributed by atoms with Crippen LogP contribution >= 0.6 is 0 Å². The molecule has 0 spiro atoms. The van der Waals surface area contributed by atoms with E-state index in [0.717, 1.165) is 38.9 Å². The molecule has 3 heteroatoms. The van der Waals surface area contributed by atoms with Gasteiger partial charge in [-0.15, -0.1) is 0 Å². The highest BCUT2D eigenvalue weighted by atomic mass is 16.3. The van der Waals surface area contributed by atoms with E-state index in [4.69, 9.17) is 5.11 Å². The summed E-state index contributed by atoms with van der Waals surface area (Å²) in [6.45, 7) is 3.45. The van der Waals surface area contributed by atoms with Crippen LogP contribution in [-0.2, 0) is 4.79 Å². The van der Waals surface area contributed by atoms with Gasteiger partial charge < -0.3 is 14.8 Å². The van der Waals surface area contributed by atoms with Crippen molar-refractivity contribution >= 4 is 6.29 Å². The number of hydrogen-bond acceptors (Lipinski definition) is 3. The molecule has 0 bridgehead atoms. The molecule has 1 unspecified atom stereocenters. The first kappa shape index (κ1) is 13.0. The fraction of sp³-hybridized carbons (Fsp3) is 0.929. The maximum Gasteiger partial charge on any atom is 0.127 e. The lowest BCUT2D eigenvalue weighted by molar-refractivity contribution is -0.119. The molecule has 1 aliphatic carbocycles. The van der Waals surface area contributed by atoms with Gasteiger partial charge in [-0.1, -0.05) is 19.3 Å². The van der Waals surface area contributed by atoms with Gasteiger partial charge in [-0.2, -0.15) is 0 Å². The molecule has 1 atom stereocenters. The first-order valence-corrected chi connectivity index (χ1v) is 7.07. The van der Waals surface area contributed by atoms with Crippen LogP contribution in [0, 0.1) is 11.3 Å². The Hall–Kier alpha value is -0.410. The largest absolute Gasteiger partial charge is 0.396 e. The predicted molar refractivity (Wildman–Crippen MR) is 67.8 cm³/mol. The molecule has 0 amide bonds. The van der Waals surface area contributed by atoms with Crippen LogP contribution in [0.3, 0.4) is 0 Å². The Morgan fingerprint density at radius 1 is 1.29 bits per heavy atom. The summed E-state index contributed by atoms with van der Waals surface area (Å²) < 4.78 is 0. The van der Waals surface area contributed by atoms with Crippen molar-refractivity contribution in [2.75, 3.05) is 26.2 Å². The number of likely N-dealkylation sites (tertiary alicyclic amines) is 1. The quantitative estimate of drug-likeness (QED) is 0.744. The van der Waals surface area contributed by atoms with Gasteiger partial charge in [0.2, 0.25) is 0 Å². The Morgan fingerprint density at radius 3 is 2.71 bits per heavy atom. The van der Waals surface area contributed by atoms with Gasteiger partial charge >= 0.3 is 0 Å². The second kappa shape index (κ2) is 5.96. The van der Waals surface area contributed by atoms with Crippen LogP contribution in [0.1, 0.15) is 44.9 Å². The SMILES string of the molecule is O=CC1(CN2CCC(CCO)C2)CCCCC1. The molecule has 0 radical (unpaired) electrons. The standard InChI is InChI=1S/C14H25NO2/c16-9-5-13-4-8-15(10-13)11-14(12-17)6-2-1-3-7-14/h12-13,16H,1-11H2. The molecule has 0 aromatic rings. The van der Waals surface area contributed by atoms with Gasteiger partial charge in [0.15, 0.2) is 0 Å². The molecular weight excluding hydrogens is 214 g/mol. The zero-order valence-electron chi connectivity index (χ0n) is 10.7. The number of hydrogen-bond donors (Lipinski definition) is 1. The lowest BCUT2D eigenvalue weighted by Crippen LogP contribution is -2.39. The van der Waals surface area contributed by atoms with E-state index in [1.807, 2.05) is 0 Å². The van der Waals surface area contributed by atoms with Gasteiger partial charge in [0, 0.05) is 25.1 Å². The zero-order valence-corrected chi connectivity index (χ0v) is 10.7. The highest BCUT2D eigenvalue weighted by Gasteiger charge is 2.35. The third-order valence-electron chi connectivity index (χ3n) is 4.55. The number of aldehydes is 1. The third-order valence-corrected chi connectivity index (χ3v) is 4.55. The topological polar surface area (TPSA) is 40.5 Å². The van der Waals surface area contributed by atoms with Crippen molar-refractivity contribution in [1.82, 2.24) is 4.90 Å². The summed E-state index contributed by atoms with van der Waals surface area (Å²) in [5, 5.41) is 8.96. The Bertz CT molecular complexity index is 249. The molecule has 1 aliphatic heterocycles. The molecule has 0 aromatic carbocycles. The maximum atomic E-state index is 11.4. The van der Waals surface area contributed by atoms with E-state index in [0.29, 0.717) is 12.5 Å². The van der Waals surface area contributed by atoms with E-state index in [1.165, 1.54) is 32.0 Å². The summed E-state index contributed by atoms with van der Waals surface area (Å²) in [6, 6.07) is 0. The summed E-state index contributed by atoms with van der Waals surface area (Å²) in [7, 11) is 0. The van der Waals surface area contributed by atoms with Gasteiger partial charge in [0.25, 0.3) is 0 Å². The van der Waals surface area contributed by atoms with Crippen LogP contribution in [-0.4, -0.2) is 42.5 Å². The van der Waals surface area contributed by atoms with Crippen molar-refractivity contribution in [3.8, 4) is 0 Å². The summed E-state index contributed by atoms with van der Waals surface area (Å²) >= 11 is 0. The lowest BCUT2D eigenvalue weighted by Gasteiger charge is -2.35. The minimum absolute atomic E-state index is 0.0493. The zero-order chi connectivity index (χ0) is 12.1. The number of aliphatic hydroxyl groups excluding tert-OH is 1. The van der Waals surface area contributed by atoms with Crippen molar-refractivity contribution in [2.45, 2.75) is 44.9 Å². The lowest BCUT2D eigenvalue weighted by atomic mass is 9.75. The number of nitrogens with zero attached hydrogens (tertiary/aromatic N) is 1. The van der Waals surface area contributed by atoms with Crippen LogP contribution < -0.4 is 0 Å². The molecule has 3 nitrogen and oxygen atoms in total. The van der Waals surface area contributed by atoms with Crippen LogP contribution in [0.15, 0.2) is 0 Å². The fourth-order valence-corrected chi connectivity index (χ4v) is 3.49. The van der Waals surface area contributed by atoms with Gasteiger partial charge in [-0.3, -0.25) is 0 Å². The van der Waals surface area contributed by atoms with Crippen LogP contribution in [0.5, 0.6) is 0 Å². The van der Waals surface area contributed by atoms with E-state index in [-0.39, 0.29) is 5.41 Å². The molecule has 17 heavy (non-hydrogen) atoms. The monoisotopic (exact) mass is 239 g/mol. The Morgan fingerprint density at radius 2 is 2.06 bits per heavy atom. The third kappa shape index (κ3) is 3.29. The number of aliphatic hydroxyl groups is 1. The highest BCUT2D eigenvalue weighted by Crippen LogP contribution is 2.36. The predicted octanol–water partition coefficient (Wildman–Crippen LogP) is 1.84. The van der Waals surface area contributed by atoms with E-state index < -0.39 is 0 Å². The fourth-order valence-electron chi connectivity index (χ4n) is 3.49. The van der Waals surface area contributed by atoms with E-state index >= 15 is 0 Å². The van der Waals surface area contributed by atoms with Crippen molar-refractivity contribution in [2.24, 2.45) is 11.3 Å². The van der Waals surface area contributed by atoms with Gasteiger partial charge in [-0.05, 0) is 38.1 Å².